The first kappa shape index (κ1) is 9.53. The zero-order chi connectivity index (χ0) is 10.8. The molecule has 1 N–H and O–H groups in total. The Morgan fingerprint density at radius 3 is 2.67 bits per heavy atom. The summed E-state index contributed by atoms with van der Waals surface area (Å²) in [6, 6.07) is 0. The summed E-state index contributed by atoms with van der Waals surface area (Å²) >= 11 is 0. The third-order valence-electron chi connectivity index (χ3n) is 2.83. The molecule has 3 heterocycles. The predicted molar refractivity (Wildman–Crippen MR) is 44.6 cm³/mol. The first-order chi connectivity index (χ1) is 6.98. The number of aliphatic hydroxyl groups is 1. The van der Waals surface area contributed by atoms with E-state index in [0.29, 0.717) is 0 Å². The van der Waals surface area contributed by atoms with Crippen LogP contribution in [0.5, 0.6) is 0 Å². The molecule has 0 saturated carbocycles. The van der Waals surface area contributed by atoms with Gasteiger partial charge >= 0.3 is 5.97 Å². The molecule has 6 nitrogen and oxygen atoms in total. The Kier molecular flexibility index (Phi) is 1.72. The molecule has 15 heavy (non-hydrogen) atoms. The molecule has 3 aliphatic rings. The normalized spacial score (nSPS) is 51.4. The molecular formula is C9H12O6. The lowest BCUT2D eigenvalue weighted by Crippen LogP contribution is -2.35. The first-order valence-electron chi connectivity index (χ1n) is 4.88. The summed E-state index contributed by atoms with van der Waals surface area (Å²) in [5.41, 5.74) is 0. The SMILES string of the molecule is CC1(C)O[C@H]2O[C@@H]3[C@@H](OC(=O)[C@H]3O)[C@H]2O1. The maximum Gasteiger partial charge on any atom is 0.338 e. The summed E-state index contributed by atoms with van der Waals surface area (Å²) in [4.78, 5) is 11.1. The molecule has 0 aromatic heterocycles. The molecule has 0 aromatic rings. The summed E-state index contributed by atoms with van der Waals surface area (Å²) < 4.78 is 21.4. The van der Waals surface area contributed by atoms with E-state index in [1.165, 1.54) is 0 Å². The number of esters is 1. The zero-order valence-corrected chi connectivity index (χ0v) is 8.38. The van der Waals surface area contributed by atoms with Gasteiger partial charge in [0.1, 0.15) is 6.10 Å². The van der Waals surface area contributed by atoms with Crippen LogP contribution in [0.4, 0.5) is 0 Å². The molecule has 5 atom stereocenters. The highest BCUT2D eigenvalue weighted by atomic mass is 16.8. The van der Waals surface area contributed by atoms with E-state index in [0.717, 1.165) is 0 Å². The lowest BCUT2D eigenvalue weighted by Gasteiger charge is -2.20. The van der Waals surface area contributed by atoms with Crippen molar-refractivity contribution in [3.8, 4) is 0 Å². The number of aliphatic hydroxyl groups excluding tert-OH is 1. The topological polar surface area (TPSA) is 74.2 Å². The van der Waals surface area contributed by atoms with Gasteiger partial charge in [0.25, 0.3) is 0 Å². The van der Waals surface area contributed by atoms with Gasteiger partial charge in [0, 0.05) is 0 Å². The molecule has 0 radical (unpaired) electrons. The van der Waals surface area contributed by atoms with Crippen molar-refractivity contribution < 1.29 is 28.8 Å². The van der Waals surface area contributed by atoms with Crippen LogP contribution < -0.4 is 0 Å². The molecule has 84 valence electrons. The average Bonchev–Trinajstić information content (AvgIpc) is 2.66. The Hall–Kier alpha value is -0.690. The summed E-state index contributed by atoms with van der Waals surface area (Å²) in [5.74, 6) is -1.39. The number of carbonyl (C=O) groups is 1. The first-order valence-corrected chi connectivity index (χ1v) is 4.88. The van der Waals surface area contributed by atoms with Gasteiger partial charge in [-0.25, -0.2) is 4.79 Å². The van der Waals surface area contributed by atoms with Gasteiger partial charge in [-0.2, -0.15) is 0 Å². The van der Waals surface area contributed by atoms with E-state index in [4.69, 9.17) is 18.9 Å². The molecule has 3 rings (SSSR count). The molecule has 0 aromatic carbocycles. The van der Waals surface area contributed by atoms with Crippen molar-refractivity contribution >= 4 is 5.97 Å². The Morgan fingerprint density at radius 2 is 1.93 bits per heavy atom. The van der Waals surface area contributed by atoms with E-state index in [1.54, 1.807) is 13.8 Å². The summed E-state index contributed by atoms with van der Waals surface area (Å²) in [7, 11) is 0. The number of carbonyl (C=O) groups excluding carboxylic acids is 1. The van der Waals surface area contributed by atoms with Crippen LogP contribution in [0.2, 0.25) is 0 Å². The van der Waals surface area contributed by atoms with E-state index in [-0.39, 0.29) is 0 Å². The van der Waals surface area contributed by atoms with Gasteiger partial charge in [0.2, 0.25) is 0 Å². The minimum atomic E-state index is -1.23. The minimum absolute atomic E-state index is 0.439. The van der Waals surface area contributed by atoms with E-state index >= 15 is 0 Å². The van der Waals surface area contributed by atoms with Crippen LogP contribution in [0.1, 0.15) is 13.8 Å². The highest BCUT2D eigenvalue weighted by Crippen LogP contribution is 2.42. The molecule has 3 saturated heterocycles. The molecule has 6 heteroatoms. The third kappa shape index (κ3) is 1.22. The van der Waals surface area contributed by atoms with Gasteiger partial charge in [0.15, 0.2) is 30.4 Å². The second kappa shape index (κ2) is 2.70. The van der Waals surface area contributed by atoms with Crippen molar-refractivity contribution in [3.63, 3.8) is 0 Å². The van der Waals surface area contributed by atoms with Gasteiger partial charge in [-0.05, 0) is 13.8 Å². The molecule has 0 bridgehead atoms. The van der Waals surface area contributed by atoms with Crippen LogP contribution in [-0.2, 0) is 23.7 Å². The fraction of sp³-hybridized carbons (Fsp3) is 0.889. The van der Waals surface area contributed by atoms with Crippen molar-refractivity contribution in [2.45, 2.75) is 50.3 Å². The predicted octanol–water partition coefficient (Wildman–Crippen LogP) is -0.851. The van der Waals surface area contributed by atoms with Crippen molar-refractivity contribution in [3.05, 3.63) is 0 Å². The number of fused-ring (bicyclic) bond motifs is 3. The van der Waals surface area contributed by atoms with Gasteiger partial charge in [-0.3, -0.25) is 0 Å². The molecule has 3 fully saturated rings. The van der Waals surface area contributed by atoms with Crippen LogP contribution in [0.3, 0.4) is 0 Å². The summed E-state index contributed by atoms with van der Waals surface area (Å²) in [6.45, 7) is 3.52. The second-order valence-corrected chi connectivity index (χ2v) is 4.42. The third-order valence-corrected chi connectivity index (χ3v) is 2.83. The number of ether oxygens (including phenoxy) is 4. The number of hydrogen-bond donors (Lipinski definition) is 1. The second-order valence-electron chi connectivity index (χ2n) is 4.42. The fourth-order valence-electron chi connectivity index (χ4n) is 2.23. The lowest BCUT2D eigenvalue weighted by atomic mass is 10.1. The summed E-state index contributed by atoms with van der Waals surface area (Å²) in [6.07, 6.45) is -3.44. The highest BCUT2D eigenvalue weighted by molar-refractivity contribution is 5.78. The monoisotopic (exact) mass is 216 g/mol. The average molecular weight is 216 g/mol. The Labute approximate surface area is 86.1 Å². The minimum Gasteiger partial charge on any atom is -0.454 e. The molecule has 0 amide bonds. The quantitative estimate of drug-likeness (QED) is 0.532. The zero-order valence-electron chi connectivity index (χ0n) is 8.38. The van der Waals surface area contributed by atoms with E-state index in [1.807, 2.05) is 0 Å². The van der Waals surface area contributed by atoms with Gasteiger partial charge in [0.05, 0.1) is 0 Å². The smallest absolute Gasteiger partial charge is 0.338 e. The summed E-state index contributed by atoms with van der Waals surface area (Å²) in [5, 5.41) is 9.44. The van der Waals surface area contributed by atoms with Gasteiger partial charge < -0.3 is 24.1 Å². The van der Waals surface area contributed by atoms with Crippen molar-refractivity contribution in [2.24, 2.45) is 0 Å². The molecule has 0 spiro atoms. The van der Waals surface area contributed by atoms with Crippen LogP contribution >= 0.6 is 0 Å². The van der Waals surface area contributed by atoms with Crippen molar-refractivity contribution in [1.29, 1.82) is 0 Å². The van der Waals surface area contributed by atoms with E-state index in [2.05, 4.69) is 0 Å². The largest absolute Gasteiger partial charge is 0.454 e. The Balaban J connectivity index is 1.83. The molecule has 0 unspecified atom stereocenters. The molecule has 0 aliphatic carbocycles. The van der Waals surface area contributed by atoms with Crippen LogP contribution in [0.15, 0.2) is 0 Å². The van der Waals surface area contributed by atoms with Gasteiger partial charge in [-0.15, -0.1) is 0 Å². The van der Waals surface area contributed by atoms with Crippen molar-refractivity contribution in [1.82, 2.24) is 0 Å². The van der Waals surface area contributed by atoms with E-state index in [9.17, 15) is 9.90 Å². The molecular weight excluding hydrogens is 204 g/mol. The molecule has 3 aliphatic heterocycles. The van der Waals surface area contributed by atoms with Crippen LogP contribution in [0.25, 0.3) is 0 Å². The maximum atomic E-state index is 11.1. The highest BCUT2D eigenvalue weighted by Gasteiger charge is 2.62. The standard InChI is InChI=1S/C9H12O6/c1-9(2)14-6-5-4(13-8(6)15-9)3(10)7(11)12-5/h3-6,8,10H,1-2H3/t3-,4-,5+,6+,8+/m0/s1. The Morgan fingerprint density at radius 1 is 1.20 bits per heavy atom. The maximum absolute atomic E-state index is 11.1. The van der Waals surface area contributed by atoms with Crippen LogP contribution in [-0.4, -0.2) is 47.6 Å². The Bertz CT molecular complexity index is 314. The fourth-order valence-corrected chi connectivity index (χ4v) is 2.23. The lowest BCUT2D eigenvalue weighted by molar-refractivity contribution is -0.214. The number of hydrogen-bond acceptors (Lipinski definition) is 6. The van der Waals surface area contributed by atoms with Crippen LogP contribution in [0, 0.1) is 0 Å². The number of rotatable bonds is 0. The van der Waals surface area contributed by atoms with E-state index < -0.39 is 42.5 Å². The van der Waals surface area contributed by atoms with Gasteiger partial charge in [-0.1, -0.05) is 0 Å². The van der Waals surface area contributed by atoms with Crippen molar-refractivity contribution in [2.75, 3.05) is 0 Å².